The molecule has 1 aromatic heterocycles. The van der Waals surface area contributed by atoms with E-state index in [9.17, 15) is 14.4 Å². The first-order valence-corrected chi connectivity index (χ1v) is 10.1. The molecule has 8 nitrogen and oxygen atoms in total. The molecule has 2 heterocycles. The lowest BCUT2D eigenvalue weighted by Crippen LogP contribution is -2.26. The van der Waals surface area contributed by atoms with Gasteiger partial charge in [0.05, 0.1) is 0 Å². The van der Waals surface area contributed by atoms with Crippen LogP contribution in [0.4, 0.5) is 16.5 Å². The molecule has 148 valence electrons. The third-order valence-electron chi connectivity index (χ3n) is 4.25. The van der Waals surface area contributed by atoms with Crippen molar-refractivity contribution in [2.45, 2.75) is 26.2 Å². The molecule has 0 unspecified atom stereocenters. The Morgan fingerprint density at radius 2 is 1.89 bits per heavy atom. The maximum Gasteiger partial charge on any atom is 0.275 e. The summed E-state index contributed by atoms with van der Waals surface area (Å²) in [5, 5.41) is 11.0. The van der Waals surface area contributed by atoms with E-state index in [1.807, 2.05) is 4.90 Å². The topological polar surface area (TPSA) is 103 Å². The molecule has 9 heteroatoms. The lowest BCUT2D eigenvalue weighted by molar-refractivity contribution is -0.127. The standard InChI is InChI=1S/C19H23N5O3S/c1-13(25)21-14-5-7-15(8-6-14)22-18(27)16-12-28-19(23-16)20-9-3-11-24-10-2-4-17(24)26/h5-8,12H,2-4,9-11H2,1H3,(H,20,23)(H,21,25)(H,22,27). The Labute approximate surface area is 167 Å². The van der Waals surface area contributed by atoms with E-state index in [0.29, 0.717) is 35.2 Å². The molecule has 3 N–H and O–H groups in total. The van der Waals surface area contributed by atoms with Crippen molar-refractivity contribution in [1.82, 2.24) is 9.88 Å². The van der Waals surface area contributed by atoms with Crippen molar-refractivity contribution in [1.29, 1.82) is 0 Å². The van der Waals surface area contributed by atoms with Crippen molar-refractivity contribution in [2.75, 3.05) is 35.6 Å². The van der Waals surface area contributed by atoms with Crippen LogP contribution in [0.25, 0.3) is 0 Å². The van der Waals surface area contributed by atoms with Gasteiger partial charge in [-0.25, -0.2) is 4.98 Å². The Hall–Kier alpha value is -2.94. The van der Waals surface area contributed by atoms with E-state index in [-0.39, 0.29) is 17.7 Å². The summed E-state index contributed by atoms with van der Waals surface area (Å²) in [6.07, 6.45) is 2.45. The van der Waals surface area contributed by atoms with Crippen LogP contribution in [-0.2, 0) is 9.59 Å². The van der Waals surface area contributed by atoms with Crippen LogP contribution in [-0.4, -0.2) is 47.2 Å². The smallest absolute Gasteiger partial charge is 0.275 e. The normalized spacial score (nSPS) is 13.5. The minimum atomic E-state index is -0.292. The number of benzene rings is 1. The van der Waals surface area contributed by atoms with Crippen LogP contribution in [0.1, 0.15) is 36.7 Å². The maximum absolute atomic E-state index is 12.3. The van der Waals surface area contributed by atoms with Crippen molar-refractivity contribution in [3.63, 3.8) is 0 Å². The molecule has 0 aliphatic carbocycles. The highest BCUT2D eigenvalue weighted by Crippen LogP contribution is 2.18. The highest BCUT2D eigenvalue weighted by atomic mass is 32.1. The highest BCUT2D eigenvalue weighted by molar-refractivity contribution is 7.13. The molecular formula is C19H23N5O3S. The predicted molar refractivity (Wildman–Crippen MR) is 110 cm³/mol. The van der Waals surface area contributed by atoms with Gasteiger partial charge >= 0.3 is 0 Å². The highest BCUT2D eigenvalue weighted by Gasteiger charge is 2.19. The van der Waals surface area contributed by atoms with E-state index < -0.39 is 0 Å². The molecule has 0 saturated carbocycles. The molecule has 1 aliphatic rings. The second-order valence-corrected chi connectivity index (χ2v) is 7.37. The van der Waals surface area contributed by atoms with Gasteiger partial charge in [0.25, 0.3) is 5.91 Å². The summed E-state index contributed by atoms with van der Waals surface area (Å²) in [6, 6.07) is 6.87. The van der Waals surface area contributed by atoms with Crippen LogP contribution in [0.2, 0.25) is 0 Å². The number of carbonyl (C=O) groups is 3. The van der Waals surface area contributed by atoms with Gasteiger partial charge in [-0.3, -0.25) is 14.4 Å². The Kier molecular flexibility index (Phi) is 6.59. The summed E-state index contributed by atoms with van der Waals surface area (Å²) in [6.45, 7) is 3.74. The lowest BCUT2D eigenvalue weighted by Gasteiger charge is -2.14. The summed E-state index contributed by atoms with van der Waals surface area (Å²) in [7, 11) is 0. The number of hydrogen-bond donors (Lipinski definition) is 3. The van der Waals surface area contributed by atoms with Crippen molar-refractivity contribution in [3.8, 4) is 0 Å². The van der Waals surface area contributed by atoms with E-state index in [4.69, 9.17) is 0 Å². The van der Waals surface area contributed by atoms with Crippen molar-refractivity contribution in [3.05, 3.63) is 35.3 Å². The SMILES string of the molecule is CC(=O)Nc1ccc(NC(=O)c2csc(NCCCN3CCCC3=O)n2)cc1. The van der Waals surface area contributed by atoms with Gasteiger partial charge < -0.3 is 20.9 Å². The van der Waals surface area contributed by atoms with Gasteiger partial charge in [0.1, 0.15) is 5.69 Å². The van der Waals surface area contributed by atoms with Gasteiger partial charge in [-0.05, 0) is 37.1 Å². The Bertz CT molecular complexity index is 850. The number of anilines is 3. The molecule has 0 radical (unpaired) electrons. The first kappa shape index (κ1) is 19.8. The molecule has 2 aromatic rings. The monoisotopic (exact) mass is 401 g/mol. The van der Waals surface area contributed by atoms with E-state index in [1.165, 1.54) is 18.3 Å². The van der Waals surface area contributed by atoms with E-state index in [2.05, 4.69) is 20.9 Å². The molecule has 28 heavy (non-hydrogen) atoms. The zero-order chi connectivity index (χ0) is 19.9. The minimum Gasteiger partial charge on any atom is -0.361 e. The van der Waals surface area contributed by atoms with Crippen LogP contribution in [0.5, 0.6) is 0 Å². The van der Waals surface area contributed by atoms with Crippen molar-refractivity contribution in [2.24, 2.45) is 0 Å². The number of aromatic nitrogens is 1. The van der Waals surface area contributed by atoms with Crippen LogP contribution < -0.4 is 16.0 Å². The van der Waals surface area contributed by atoms with Gasteiger partial charge in [-0.15, -0.1) is 11.3 Å². The van der Waals surface area contributed by atoms with Crippen LogP contribution in [0.15, 0.2) is 29.6 Å². The van der Waals surface area contributed by atoms with Crippen LogP contribution >= 0.6 is 11.3 Å². The number of amides is 3. The van der Waals surface area contributed by atoms with E-state index in [0.717, 1.165) is 25.9 Å². The average molecular weight is 401 g/mol. The quantitative estimate of drug-likeness (QED) is 0.590. The number of rotatable bonds is 8. The average Bonchev–Trinajstić information content (AvgIpc) is 3.29. The van der Waals surface area contributed by atoms with Crippen LogP contribution in [0, 0.1) is 0 Å². The molecular weight excluding hydrogens is 378 g/mol. The van der Waals surface area contributed by atoms with E-state index in [1.54, 1.807) is 29.6 Å². The first-order chi connectivity index (χ1) is 13.5. The van der Waals surface area contributed by atoms with Crippen molar-refractivity contribution < 1.29 is 14.4 Å². The van der Waals surface area contributed by atoms with Gasteiger partial charge in [0.2, 0.25) is 11.8 Å². The summed E-state index contributed by atoms with van der Waals surface area (Å²) in [4.78, 5) is 41.1. The summed E-state index contributed by atoms with van der Waals surface area (Å²) in [5.74, 6) is -0.205. The third-order valence-corrected chi connectivity index (χ3v) is 5.05. The fourth-order valence-electron chi connectivity index (χ4n) is 2.90. The maximum atomic E-state index is 12.3. The summed E-state index contributed by atoms with van der Waals surface area (Å²) in [5.41, 5.74) is 1.63. The summed E-state index contributed by atoms with van der Waals surface area (Å²) >= 11 is 1.37. The predicted octanol–water partition coefficient (Wildman–Crippen LogP) is 2.78. The van der Waals surface area contributed by atoms with Crippen molar-refractivity contribution >= 4 is 45.6 Å². The zero-order valence-corrected chi connectivity index (χ0v) is 16.5. The summed E-state index contributed by atoms with van der Waals surface area (Å²) < 4.78 is 0. The number of nitrogens with one attached hydrogen (secondary N) is 3. The molecule has 1 aliphatic heterocycles. The van der Waals surface area contributed by atoms with E-state index >= 15 is 0 Å². The molecule has 1 saturated heterocycles. The number of carbonyl (C=O) groups excluding carboxylic acids is 3. The third kappa shape index (κ3) is 5.53. The molecule has 0 bridgehead atoms. The largest absolute Gasteiger partial charge is 0.361 e. The number of nitrogens with zero attached hydrogens (tertiary/aromatic N) is 2. The zero-order valence-electron chi connectivity index (χ0n) is 15.7. The fourth-order valence-corrected chi connectivity index (χ4v) is 3.62. The Morgan fingerprint density at radius 3 is 2.54 bits per heavy atom. The van der Waals surface area contributed by atoms with Gasteiger partial charge in [-0.2, -0.15) is 0 Å². The molecule has 1 fully saturated rings. The van der Waals surface area contributed by atoms with Gasteiger partial charge in [-0.1, -0.05) is 0 Å². The molecule has 3 rings (SSSR count). The molecule has 3 amide bonds. The second-order valence-electron chi connectivity index (χ2n) is 6.52. The molecule has 0 atom stereocenters. The minimum absolute atomic E-state index is 0.147. The molecule has 1 aromatic carbocycles. The fraction of sp³-hybridized carbons (Fsp3) is 0.368. The van der Waals surface area contributed by atoms with Gasteiger partial charge in [0, 0.05) is 49.7 Å². The van der Waals surface area contributed by atoms with Gasteiger partial charge in [0.15, 0.2) is 5.13 Å². The Morgan fingerprint density at radius 1 is 1.18 bits per heavy atom. The first-order valence-electron chi connectivity index (χ1n) is 9.17. The Balaban J connectivity index is 1.44. The number of hydrogen-bond acceptors (Lipinski definition) is 6. The second kappa shape index (κ2) is 9.32. The number of thiazole rings is 1. The lowest BCUT2D eigenvalue weighted by atomic mass is 10.2. The van der Waals surface area contributed by atoms with Crippen LogP contribution in [0.3, 0.4) is 0 Å². The molecule has 0 spiro atoms. The number of likely N-dealkylation sites (tertiary alicyclic amines) is 1.